The third-order valence-electron chi connectivity index (χ3n) is 3.83. The van der Waals surface area contributed by atoms with Crippen molar-refractivity contribution in [2.75, 3.05) is 20.2 Å². The predicted octanol–water partition coefficient (Wildman–Crippen LogP) is 1.53. The molecule has 1 aliphatic heterocycles. The molecule has 0 saturated carbocycles. The van der Waals surface area contributed by atoms with Crippen LogP contribution in [0.3, 0.4) is 0 Å². The summed E-state index contributed by atoms with van der Waals surface area (Å²) in [5, 5.41) is 8.97. The molecule has 2 rings (SSSR count). The third kappa shape index (κ3) is 3.98. The zero-order valence-corrected chi connectivity index (χ0v) is 12.8. The molecule has 2 atom stereocenters. The summed E-state index contributed by atoms with van der Waals surface area (Å²) in [7, 11) is 1.60. The number of rotatable bonds is 6. The molecule has 120 valence electrons. The number of hydrogen-bond donors (Lipinski definition) is 1. The van der Waals surface area contributed by atoms with Crippen molar-refractivity contribution in [3.05, 3.63) is 29.8 Å². The molecular weight excluding hydrogens is 286 g/mol. The summed E-state index contributed by atoms with van der Waals surface area (Å²) in [6, 6.07) is 7.46. The van der Waals surface area contributed by atoms with Crippen LogP contribution in [0.25, 0.3) is 0 Å². The second-order valence-corrected chi connectivity index (χ2v) is 5.41. The van der Waals surface area contributed by atoms with Crippen LogP contribution < -0.4 is 4.74 Å². The first kappa shape index (κ1) is 16.3. The minimum absolute atomic E-state index is 0.161. The van der Waals surface area contributed by atoms with Crippen molar-refractivity contribution < 1.29 is 24.2 Å². The van der Waals surface area contributed by atoms with Gasteiger partial charge in [-0.1, -0.05) is 12.1 Å². The van der Waals surface area contributed by atoms with Crippen LogP contribution in [-0.4, -0.2) is 48.2 Å². The minimum Gasteiger partial charge on any atom is -0.497 e. The lowest BCUT2D eigenvalue weighted by Gasteiger charge is -2.21. The van der Waals surface area contributed by atoms with E-state index in [0.29, 0.717) is 19.6 Å². The summed E-state index contributed by atoms with van der Waals surface area (Å²) in [6.45, 7) is 2.74. The van der Waals surface area contributed by atoms with E-state index in [9.17, 15) is 9.59 Å². The molecule has 1 aromatic rings. The molecule has 22 heavy (non-hydrogen) atoms. The van der Waals surface area contributed by atoms with Crippen molar-refractivity contribution in [2.24, 2.45) is 5.92 Å². The fourth-order valence-corrected chi connectivity index (χ4v) is 2.47. The first-order chi connectivity index (χ1) is 10.5. The summed E-state index contributed by atoms with van der Waals surface area (Å²) < 4.78 is 10.7. The molecule has 0 aliphatic carbocycles. The van der Waals surface area contributed by atoms with Crippen LogP contribution in [0.15, 0.2) is 24.3 Å². The fourth-order valence-electron chi connectivity index (χ4n) is 2.47. The molecule has 6 nitrogen and oxygen atoms in total. The number of aliphatic carboxylic acids is 1. The van der Waals surface area contributed by atoms with E-state index in [1.54, 1.807) is 18.9 Å². The van der Waals surface area contributed by atoms with E-state index < -0.39 is 18.0 Å². The molecule has 1 amide bonds. The van der Waals surface area contributed by atoms with Crippen LogP contribution in [0.5, 0.6) is 5.75 Å². The smallest absolute Gasteiger partial charge is 0.308 e. The molecule has 0 bridgehead atoms. The Labute approximate surface area is 129 Å². The number of carboxylic acids is 1. The Morgan fingerprint density at radius 2 is 2.23 bits per heavy atom. The number of hydrogen-bond acceptors (Lipinski definition) is 4. The van der Waals surface area contributed by atoms with Gasteiger partial charge in [-0.25, -0.2) is 0 Å². The molecular formula is C16H21NO5. The molecule has 6 heteroatoms. The van der Waals surface area contributed by atoms with Gasteiger partial charge in [-0.15, -0.1) is 0 Å². The van der Waals surface area contributed by atoms with E-state index in [1.807, 2.05) is 24.3 Å². The van der Waals surface area contributed by atoms with Crippen LogP contribution >= 0.6 is 0 Å². The van der Waals surface area contributed by atoms with Gasteiger partial charge in [-0.2, -0.15) is 0 Å². The Bertz CT molecular complexity index is 545. The average Bonchev–Trinajstić information content (AvgIpc) is 3.02. The van der Waals surface area contributed by atoms with Crippen LogP contribution in [0, 0.1) is 5.92 Å². The molecule has 1 aromatic carbocycles. The number of ether oxygens (including phenoxy) is 2. The summed E-state index contributed by atoms with van der Waals surface area (Å²) >= 11 is 0. The third-order valence-corrected chi connectivity index (χ3v) is 3.83. The molecule has 1 aliphatic rings. The van der Waals surface area contributed by atoms with Gasteiger partial charge in [-0.3, -0.25) is 9.59 Å². The normalized spacial score (nSPS) is 19.0. The number of amides is 1. The number of carboxylic acid groups (broad SMARTS) is 1. The Morgan fingerprint density at radius 3 is 2.86 bits per heavy atom. The van der Waals surface area contributed by atoms with Gasteiger partial charge < -0.3 is 19.5 Å². The van der Waals surface area contributed by atoms with Crippen LogP contribution in [-0.2, 0) is 20.9 Å². The molecule has 1 saturated heterocycles. The number of carbonyl (C=O) groups excluding carboxylic acids is 1. The molecule has 1 N–H and O–H groups in total. The Hall–Kier alpha value is -2.08. The molecule has 1 fully saturated rings. The summed E-state index contributed by atoms with van der Waals surface area (Å²) in [5.74, 6) is -0.731. The highest BCUT2D eigenvalue weighted by Gasteiger charge is 2.32. The number of likely N-dealkylation sites (tertiary alicyclic amines) is 1. The van der Waals surface area contributed by atoms with Gasteiger partial charge in [0.15, 0.2) is 0 Å². The van der Waals surface area contributed by atoms with E-state index in [0.717, 1.165) is 11.3 Å². The fraction of sp³-hybridized carbons (Fsp3) is 0.500. The molecule has 0 aromatic heterocycles. The topological polar surface area (TPSA) is 76.1 Å². The van der Waals surface area contributed by atoms with Crippen molar-refractivity contribution >= 4 is 11.9 Å². The highest BCUT2D eigenvalue weighted by atomic mass is 16.5. The van der Waals surface area contributed by atoms with Crippen molar-refractivity contribution in [1.29, 1.82) is 0 Å². The second kappa shape index (κ2) is 7.26. The van der Waals surface area contributed by atoms with Crippen molar-refractivity contribution in [3.63, 3.8) is 0 Å². The highest BCUT2D eigenvalue weighted by Crippen LogP contribution is 2.19. The van der Waals surface area contributed by atoms with Crippen molar-refractivity contribution in [1.82, 2.24) is 4.90 Å². The van der Waals surface area contributed by atoms with Gasteiger partial charge in [0, 0.05) is 13.1 Å². The Kier molecular flexibility index (Phi) is 5.38. The van der Waals surface area contributed by atoms with Gasteiger partial charge in [-0.05, 0) is 31.0 Å². The quantitative estimate of drug-likeness (QED) is 0.862. The van der Waals surface area contributed by atoms with Gasteiger partial charge >= 0.3 is 5.97 Å². The van der Waals surface area contributed by atoms with E-state index in [-0.39, 0.29) is 12.5 Å². The zero-order chi connectivity index (χ0) is 16.1. The first-order valence-corrected chi connectivity index (χ1v) is 7.27. The van der Waals surface area contributed by atoms with Crippen LogP contribution in [0.4, 0.5) is 0 Å². The van der Waals surface area contributed by atoms with Gasteiger partial charge in [0.25, 0.3) is 5.91 Å². The Morgan fingerprint density at radius 1 is 1.45 bits per heavy atom. The monoisotopic (exact) mass is 307 g/mol. The largest absolute Gasteiger partial charge is 0.497 e. The van der Waals surface area contributed by atoms with E-state index in [1.165, 1.54) is 0 Å². The van der Waals surface area contributed by atoms with Gasteiger partial charge in [0.05, 0.1) is 19.6 Å². The number of carbonyl (C=O) groups is 2. The lowest BCUT2D eigenvalue weighted by atomic mass is 10.1. The summed E-state index contributed by atoms with van der Waals surface area (Å²) in [5.41, 5.74) is 0.920. The molecule has 1 heterocycles. The standard InChI is InChI=1S/C16H21NO5/c1-11(15(18)17-7-6-13(9-17)16(19)20)22-10-12-4-3-5-14(8-12)21-2/h3-5,8,11,13H,6-7,9-10H2,1-2H3,(H,19,20). The SMILES string of the molecule is COc1cccc(COC(C)C(=O)N2CCC(C(=O)O)C2)c1. The highest BCUT2D eigenvalue weighted by molar-refractivity contribution is 5.82. The van der Waals surface area contributed by atoms with E-state index in [4.69, 9.17) is 14.6 Å². The number of benzene rings is 1. The Balaban J connectivity index is 1.85. The van der Waals surface area contributed by atoms with Crippen LogP contribution in [0.1, 0.15) is 18.9 Å². The maximum absolute atomic E-state index is 12.2. The number of nitrogens with zero attached hydrogens (tertiary/aromatic N) is 1. The summed E-state index contributed by atoms with van der Waals surface area (Å²) in [4.78, 5) is 24.7. The maximum atomic E-state index is 12.2. The van der Waals surface area contributed by atoms with Crippen molar-refractivity contribution in [3.8, 4) is 5.75 Å². The number of methoxy groups -OCH3 is 1. The summed E-state index contributed by atoms with van der Waals surface area (Å²) in [6.07, 6.45) is -0.0947. The molecule has 2 unspecified atom stereocenters. The molecule has 0 radical (unpaired) electrons. The van der Waals surface area contributed by atoms with E-state index >= 15 is 0 Å². The molecule has 0 spiro atoms. The van der Waals surface area contributed by atoms with Gasteiger partial charge in [0.1, 0.15) is 11.9 Å². The first-order valence-electron chi connectivity index (χ1n) is 7.27. The van der Waals surface area contributed by atoms with Gasteiger partial charge in [0.2, 0.25) is 0 Å². The zero-order valence-electron chi connectivity index (χ0n) is 12.8. The lowest BCUT2D eigenvalue weighted by Crippen LogP contribution is -2.38. The maximum Gasteiger partial charge on any atom is 0.308 e. The van der Waals surface area contributed by atoms with E-state index in [2.05, 4.69) is 0 Å². The predicted molar refractivity (Wildman–Crippen MR) is 79.6 cm³/mol. The second-order valence-electron chi connectivity index (χ2n) is 5.41. The lowest BCUT2D eigenvalue weighted by molar-refractivity contribution is -0.144. The minimum atomic E-state index is -0.847. The van der Waals surface area contributed by atoms with Crippen molar-refractivity contribution in [2.45, 2.75) is 26.1 Å². The van der Waals surface area contributed by atoms with Crippen LogP contribution in [0.2, 0.25) is 0 Å². The average molecular weight is 307 g/mol.